The van der Waals surface area contributed by atoms with E-state index in [0.29, 0.717) is 22.1 Å². The van der Waals surface area contributed by atoms with E-state index < -0.39 is 5.63 Å². The predicted octanol–water partition coefficient (Wildman–Crippen LogP) is 3.66. The number of benzene rings is 3. The Bertz CT molecular complexity index is 1290. The van der Waals surface area contributed by atoms with E-state index in [4.69, 9.17) is 4.42 Å². The van der Waals surface area contributed by atoms with Gasteiger partial charge in [0.1, 0.15) is 23.0 Å². The molecule has 0 saturated heterocycles. The van der Waals surface area contributed by atoms with Crippen molar-refractivity contribution in [2.75, 3.05) is 0 Å². The maximum absolute atomic E-state index is 11.8. The van der Waals surface area contributed by atoms with Crippen LogP contribution in [0.2, 0.25) is 0 Å². The molecule has 7 heteroatoms. The Morgan fingerprint density at radius 3 is 2.21 bits per heavy atom. The van der Waals surface area contributed by atoms with Crippen molar-refractivity contribution in [2.24, 2.45) is 0 Å². The molecule has 140 valence electrons. The second-order valence-electron chi connectivity index (χ2n) is 6.22. The van der Waals surface area contributed by atoms with Crippen LogP contribution >= 0.6 is 0 Å². The van der Waals surface area contributed by atoms with Crippen molar-refractivity contribution in [1.82, 2.24) is 0 Å². The highest BCUT2D eigenvalue weighted by Crippen LogP contribution is 2.46. The fourth-order valence-corrected chi connectivity index (χ4v) is 3.22. The van der Waals surface area contributed by atoms with Crippen molar-refractivity contribution in [2.45, 2.75) is 0 Å². The minimum absolute atomic E-state index is 0.00293. The molecule has 5 N–H and O–H groups in total. The molecular weight excluding hydrogens is 364 g/mol. The van der Waals surface area contributed by atoms with Crippen molar-refractivity contribution in [3.05, 3.63) is 65.0 Å². The van der Waals surface area contributed by atoms with E-state index in [1.165, 1.54) is 36.4 Å². The maximum atomic E-state index is 11.8. The first kappa shape index (κ1) is 17.3. The van der Waals surface area contributed by atoms with Gasteiger partial charge in [-0.1, -0.05) is 18.2 Å². The molecule has 1 heterocycles. The first-order valence-corrected chi connectivity index (χ1v) is 8.19. The molecule has 0 amide bonds. The fourth-order valence-electron chi connectivity index (χ4n) is 3.22. The largest absolute Gasteiger partial charge is 0.508 e. The topological polar surface area (TPSA) is 131 Å². The van der Waals surface area contributed by atoms with Gasteiger partial charge in [-0.05, 0) is 35.4 Å². The molecule has 0 aliphatic rings. The lowest BCUT2D eigenvalue weighted by atomic mass is 9.91. The Balaban J connectivity index is 2.18. The van der Waals surface area contributed by atoms with Crippen molar-refractivity contribution >= 4 is 10.8 Å². The van der Waals surface area contributed by atoms with E-state index in [0.717, 1.165) is 6.07 Å². The van der Waals surface area contributed by atoms with Crippen LogP contribution in [0.4, 0.5) is 0 Å². The third kappa shape index (κ3) is 2.75. The first-order chi connectivity index (χ1) is 13.3. The van der Waals surface area contributed by atoms with Crippen molar-refractivity contribution in [3.8, 4) is 51.2 Å². The molecule has 0 atom stereocenters. The Morgan fingerprint density at radius 1 is 0.714 bits per heavy atom. The lowest BCUT2D eigenvalue weighted by molar-refractivity contribution is 0.404. The van der Waals surface area contributed by atoms with Gasteiger partial charge in [-0.15, -0.1) is 0 Å². The molecule has 0 unspecified atom stereocenters. The lowest BCUT2D eigenvalue weighted by Crippen LogP contribution is -1.98. The van der Waals surface area contributed by atoms with Gasteiger partial charge < -0.3 is 29.9 Å². The SMILES string of the molecule is O=c1cc(O)cc(-c2c(-c3ccc(O)c(O)c3)cc(O)c3c(O)cccc23)o1. The van der Waals surface area contributed by atoms with E-state index >= 15 is 0 Å². The highest BCUT2D eigenvalue weighted by atomic mass is 16.4. The highest BCUT2D eigenvalue weighted by Gasteiger charge is 2.20. The number of rotatable bonds is 2. The van der Waals surface area contributed by atoms with E-state index in [1.54, 1.807) is 12.1 Å². The third-order valence-corrected chi connectivity index (χ3v) is 4.41. The molecule has 0 aliphatic heterocycles. The minimum atomic E-state index is -0.782. The average molecular weight is 378 g/mol. The summed E-state index contributed by atoms with van der Waals surface area (Å²) in [7, 11) is 0. The Hall–Kier alpha value is -4.13. The summed E-state index contributed by atoms with van der Waals surface area (Å²) in [5, 5.41) is 50.5. The van der Waals surface area contributed by atoms with Gasteiger partial charge in [0.15, 0.2) is 11.5 Å². The van der Waals surface area contributed by atoms with E-state index in [2.05, 4.69) is 0 Å². The van der Waals surface area contributed by atoms with Crippen molar-refractivity contribution < 1.29 is 29.9 Å². The van der Waals surface area contributed by atoms with Gasteiger partial charge in [0.2, 0.25) is 0 Å². The van der Waals surface area contributed by atoms with Gasteiger partial charge in [0.05, 0.1) is 11.5 Å². The minimum Gasteiger partial charge on any atom is -0.508 e. The maximum Gasteiger partial charge on any atom is 0.339 e. The number of hydrogen-bond acceptors (Lipinski definition) is 7. The van der Waals surface area contributed by atoms with Crippen LogP contribution in [0.3, 0.4) is 0 Å². The molecule has 0 fully saturated rings. The molecular formula is C21H14O7. The van der Waals surface area contributed by atoms with Crippen LogP contribution < -0.4 is 5.63 Å². The van der Waals surface area contributed by atoms with Gasteiger partial charge in [-0.3, -0.25) is 0 Å². The molecule has 4 rings (SSSR count). The van der Waals surface area contributed by atoms with Gasteiger partial charge in [0.25, 0.3) is 0 Å². The van der Waals surface area contributed by atoms with Crippen LogP contribution in [-0.4, -0.2) is 25.5 Å². The molecule has 3 aromatic carbocycles. The van der Waals surface area contributed by atoms with Crippen molar-refractivity contribution in [3.63, 3.8) is 0 Å². The molecule has 28 heavy (non-hydrogen) atoms. The zero-order valence-electron chi connectivity index (χ0n) is 14.2. The summed E-state index contributed by atoms with van der Waals surface area (Å²) in [4.78, 5) is 11.8. The fraction of sp³-hybridized carbons (Fsp3) is 0. The average Bonchev–Trinajstić information content (AvgIpc) is 2.63. The second kappa shape index (κ2) is 6.24. The van der Waals surface area contributed by atoms with Crippen LogP contribution in [0.25, 0.3) is 33.2 Å². The summed E-state index contributed by atoms with van der Waals surface area (Å²) < 4.78 is 5.26. The molecule has 0 radical (unpaired) electrons. The first-order valence-electron chi connectivity index (χ1n) is 8.19. The standard InChI is InChI=1S/C21H14O7/c22-11-7-18(28-19(27)8-11)20-12-2-1-3-15(24)21(12)17(26)9-13(20)10-4-5-14(23)16(25)6-10/h1-9,22-26H. The second-order valence-corrected chi connectivity index (χ2v) is 6.22. The molecule has 1 aromatic heterocycles. The predicted molar refractivity (Wildman–Crippen MR) is 102 cm³/mol. The normalized spacial score (nSPS) is 11.0. The van der Waals surface area contributed by atoms with Crippen molar-refractivity contribution in [1.29, 1.82) is 0 Å². The number of aromatic hydroxyl groups is 5. The summed E-state index contributed by atoms with van der Waals surface area (Å²) in [6, 6.07) is 12.1. The van der Waals surface area contributed by atoms with Gasteiger partial charge >= 0.3 is 5.63 Å². The van der Waals surface area contributed by atoms with Crippen LogP contribution in [0.15, 0.2) is 63.8 Å². The third-order valence-electron chi connectivity index (χ3n) is 4.41. The summed E-state index contributed by atoms with van der Waals surface area (Å²) in [6.45, 7) is 0. The van der Waals surface area contributed by atoms with Gasteiger partial charge in [-0.2, -0.15) is 0 Å². The Morgan fingerprint density at radius 2 is 1.50 bits per heavy atom. The summed E-state index contributed by atoms with van der Waals surface area (Å²) in [6.07, 6.45) is 0. The monoisotopic (exact) mass is 378 g/mol. The zero-order valence-corrected chi connectivity index (χ0v) is 14.2. The number of phenolic OH excluding ortho intramolecular Hbond substituents is 4. The van der Waals surface area contributed by atoms with E-state index in [1.807, 2.05) is 0 Å². The Labute approximate surface area is 157 Å². The molecule has 0 saturated carbocycles. The summed E-state index contributed by atoms with van der Waals surface area (Å²) >= 11 is 0. The molecule has 0 spiro atoms. The summed E-state index contributed by atoms with van der Waals surface area (Å²) in [5.41, 5.74) is 0.272. The van der Waals surface area contributed by atoms with Crippen LogP contribution in [0, 0.1) is 0 Å². The molecule has 7 nitrogen and oxygen atoms in total. The lowest BCUT2D eigenvalue weighted by Gasteiger charge is -2.15. The quantitative estimate of drug-likeness (QED) is 0.336. The van der Waals surface area contributed by atoms with Crippen LogP contribution in [-0.2, 0) is 0 Å². The van der Waals surface area contributed by atoms with Gasteiger partial charge in [0, 0.05) is 17.0 Å². The Kier molecular flexibility index (Phi) is 3.85. The zero-order chi connectivity index (χ0) is 20.0. The van der Waals surface area contributed by atoms with Crippen LogP contribution in [0.1, 0.15) is 0 Å². The van der Waals surface area contributed by atoms with E-state index in [-0.39, 0.29) is 39.9 Å². The van der Waals surface area contributed by atoms with Gasteiger partial charge in [-0.25, -0.2) is 4.79 Å². The molecule has 0 aliphatic carbocycles. The smallest absolute Gasteiger partial charge is 0.339 e. The number of hydrogen-bond donors (Lipinski definition) is 5. The highest BCUT2D eigenvalue weighted by molar-refractivity contribution is 6.08. The molecule has 0 bridgehead atoms. The van der Waals surface area contributed by atoms with Crippen LogP contribution in [0.5, 0.6) is 28.7 Å². The number of fused-ring (bicyclic) bond motifs is 1. The molecule has 4 aromatic rings. The van der Waals surface area contributed by atoms with E-state index in [9.17, 15) is 30.3 Å². The summed E-state index contributed by atoms with van der Waals surface area (Å²) in [5.74, 6) is -1.43. The number of phenols is 4.